The Hall–Kier alpha value is 0.160. The molecular formula is C10H20ClNO3S. The van der Waals surface area contributed by atoms with Gasteiger partial charge in [-0.2, -0.15) is 4.31 Å². The molecule has 16 heavy (non-hydrogen) atoms. The first kappa shape index (κ1) is 14.2. The van der Waals surface area contributed by atoms with Crippen LogP contribution in [0.15, 0.2) is 0 Å². The summed E-state index contributed by atoms with van der Waals surface area (Å²) in [5, 5.41) is 0. The number of alkyl halides is 1. The minimum atomic E-state index is -3.17. The number of rotatable bonds is 5. The van der Waals surface area contributed by atoms with Gasteiger partial charge in [0, 0.05) is 12.4 Å². The number of halogens is 1. The standard InChI is InChI=1S/C10H20ClNO3S/c1-10(2)9-15-7-6-12(10)16(13,14)8-4-3-5-11/h3-9H2,1-2H3. The molecule has 1 heterocycles. The van der Waals surface area contributed by atoms with Crippen molar-refractivity contribution in [1.29, 1.82) is 0 Å². The van der Waals surface area contributed by atoms with E-state index in [-0.39, 0.29) is 5.75 Å². The van der Waals surface area contributed by atoms with Crippen molar-refractivity contribution in [2.75, 3.05) is 31.4 Å². The molecule has 1 aliphatic heterocycles. The van der Waals surface area contributed by atoms with Crippen LogP contribution in [0.2, 0.25) is 0 Å². The molecule has 0 N–H and O–H groups in total. The number of sulfonamides is 1. The second kappa shape index (κ2) is 5.67. The Bertz CT molecular complexity index is 316. The third-order valence-electron chi connectivity index (χ3n) is 2.69. The molecule has 0 radical (unpaired) electrons. The first-order valence-electron chi connectivity index (χ1n) is 5.54. The number of ether oxygens (including phenoxy) is 1. The quantitative estimate of drug-likeness (QED) is 0.561. The van der Waals surface area contributed by atoms with Crippen LogP contribution >= 0.6 is 11.6 Å². The molecule has 1 rings (SSSR count). The van der Waals surface area contributed by atoms with Crippen LogP contribution in [-0.2, 0) is 14.8 Å². The van der Waals surface area contributed by atoms with E-state index in [4.69, 9.17) is 16.3 Å². The van der Waals surface area contributed by atoms with E-state index in [2.05, 4.69) is 0 Å². The van der Waals surface area contributed by atoms with Gasteiger partial charge in [0.1, 0.15) is 0 Å². The van der Waals surface area contributed by atoms with Crippen molar-refractivity contribution in [2.24, 2.45) is 0 Å². The first-order chi connectivity index (χ1) is 7.40. The molecule has 4 nitrogen and oxygen atoms in total. The Morgan fingerprint density at radius 1 is 1.38 bits per heavy atom. The fraction of sp³-hybridized carbons (Fsp3) is 1.00. The topological polar surface area (TPSA) is 46.6 Å². The van der Waals surface area contributed by atoms with Crippen LogP contribution in [0.4, 0.5) is 0 Å². The zero-order chi connectivity index (χ0) is 12.2. The molecule has 0 aromatic rings. The Labute approximate surface area is 103 Å². The molecule has 1 fully saturated rings. The second-order valence-corrected chi connectivity index (χ2v) is 7.04. The van der Waals surface area contributed by atoms with Gasteiger partial charge in [-0.3, -0.25) is 0 Å². The van der Waals surface area contributed by atoms with Crippen molar-refractivity contribution >= 4 is 21.6 Å². The number of unbranched alkanes of at least 4 members (excludes halogenated alkanes) is 1. The smallest absolute Gasteiger partial charge is 0.214 e. The zero-order valence-electron chi connectivity index (χ0n) is 9.91. The monoisotopic (exact) mass is 269 g/mol. The molecule has 0 bridgehead atoms. The predicted octanol–water partition coefficient (Wildman–Crippen LogP) is 1.45. The van der Waals surface area contributed by atoms with Crippen LogP contribution in [0.3, 0.4) is 0 Å². The number of morpholine rings is 1. The van der Waals surface area contributed by atoms with Crippen LogP contribution in [0.25, 0.3) is 0 Å². The van der Waals surface area contributed by atoms with Crippen molar-refractivity contribution in [3.8, 4) is 0 Å². The molecule has 1 saturated heterocycles. The van der Waals surface area contributed by atoms with E-state index >= 15 is 0 Å². The molecule has 0 unspecified atom stereocenters. The molecule has 1 aliphatic rings. The normalized spacial score (nSPS) is 22.2. The summed E-state index contributed by atoms with van der Waals surface area (Å²) in [6.07, 6.45) is 1.37. The number of hydrogen-bond donors (Lipinski definition) is 0. The summed E-state index contributed by atoms with van der Waals surface area (Å²) >= 11 is 5.54. The van der Waals surface area contributed by atoms with E-state index in [1.165, 1.54) is 0 Å². The lowest BCUT2D eigenvalue weighted by Gasteiger charge is -2.40. The van der Waals surface area contributed by atoms with E-state index < -0.39 is 15.6 Å². The van der Waals surface area contributed by atoms with E-state index in [1.54, 1.807) is 4.31 Å². The van der Waals surface area contributed by atoms with Gasteiger partial charge in [-0.15, -0.1) is 11.6 Å². The van der Waals surface area contributed by atoms with E-state index in [0.717, 1.165) is 6.42 Å². The third-order valence-corrected chi connectivity index (χ3v) is 5.11. The zero-order valence-corrected chi connectivity index (χ0v) is 11.5. The van der Waals surface area contributed by atoms with Crippen molar-refractivity contribution < 1.29 is 13.2 Å². The molecule has 6 heteroatoms. The average Bonchev–Trinajstić information content (AvgIpc) is 2.16. The largest absolute Gasteiger partial charge is 0.378 e. The molecule has 0 atom stereocenters. The van der Waals surface area contributed by atoms with Gasteiger partial charge < -0.3 is 4.74 Å². The highest BCUT2D eigenvalue weighted by Gasteiger charge is 2.38. The van der Waals surface area contributed by atoms with Crippen molar-refractivity contribution in [3.63, 3.8) is 0 Å². The summed E-state index contributed by atoms with van der Waals surface area (Å²) in [6, 6.07) is 0. The molecule has 0 aromatic carbocycles. The lowest BCUT2D eigenvalue weighted by molar-refractivity contribution is -0.00769. The minimum Gasteiger partial charge on any atom is -0.378 e. The average molecular weight is 270 g/mol. The number of hydrogen-bond acceptors (Lipinski definition) is 3. The van der Waals surface area contributed by atoms with Crippen LogP contribution in [0.1, 0.15) is 26.7 Å². The van der Waals surface area contributed by atoms with Crippen LogP contribution in [0, 0.1) is 0 Å². The van der Waals surface area contributed by atoms with Crippen molar-refractivity contribution in [3.05, 3.63) is 0 Å². The Morgan fingerprint density at radius 3 is 2.62 bits per heavy atom. The molecule has 0 amide bonds. The summed E-state index contributed by atoms with van der Waals surface area (Å²) in [4.78, 5) is 0. The summed E-state index contributed by atoms with van der Waals surface area (Å²) < 4.78 is 31.1. The third kappa shape index (κ3) is 3.58. The maximum atomic E-state index is 12.1. The maximum Gasteiger partial charge on any atom is 0.214 e. The Kier molecular flexibility index (Phi) is 5.04. The maximum absolute atomic E-state index is 12.1. The van der Waals surface area contributed by atoms with Gasteiger partial charge in [0.15, 0.2) is 0 Å². The van der Waals surface area contributed by atoms with Gasteiger partial charge in [-0.25, -0.2) is 8.42 Å². The van der Waals surface area contributed by atoms with Gasteiger partial charge >= 0.3 is 0 Å². The summed E-state index contributed by atoms with van der Waals surface area (Å²) in [5.41, 5.74) is -0.432. The Balaban J connectivity index is 2.66. The Morgan fingerprint density at radius 2 is 2.06 bits per heavy atom. The van der Waals surface area contributed by atoms with Gasteiger partial charge in [0.25, 0.3) is 0 Å². The highest BCUT2D eigenvalue weighted by atomic mass is 35.5. The highest BCUT2D eigenvalue weighted by Crippen LogP contribution is 2.23. The molecule has 0 aliphatic carbocycles. The van der Waals surface area contributed by atoms with Gasteiger partial charge in [0.2, 0.25) is 10.0 Å². The molecule has 96 valence electrons. The first-order valence-corrected chi connectivity index (χ1v) is 7.69. The fourth-order valence-corrected chi connectivity index (χ4v) is 3.99. The van der Waals surface area contributed by atoms with E-state index in [0.29, 0.717) is 32.1 Å². The lowest BCUT2D eigenvalue weighted by atomic mass is 10.1. The van der Waals surface area contributed by atoms with Crippen molar-refractivity contribution in [1.82, 2.24) is 4.31 Å². The summed E-state index contributed by atoms with van der Waals surface area (Å²) in [6.45, 7) is 5.19. The number of nitrogens with zero attached hydrogens (tertiary/aromatic N) is 1. The van der Waals surface area contributed by atoms with Crippen LogP contribution in [0.5, 0.6) is 0 Å². The molecule has 0 aromatic heterocycles. The molecule has 0 saturated carbocycles. The minimum absolute atomic E-state index is 0.184. The molecular weight excluding hydrogens is 250 g/mol. The molecule has 0 spiro atoms. The summed E-state index contributed by atoms with van der Waals surface area (Å²) in [5.74, 6) is 0.700. The van der Waals surface area contributed by atoms with Gasteiger partial charge in [0.05, 0.1) is 24.5 Å². The lowest BCUT2D eigenvalue weighted by Crippen LogP contribution is -2.55. The second-order valence-electron chi connectivity index (χ2n) is 4.65. The van der Waals surface area contributed by atoms with Crippen molar-refractivity contribution in [2.45, 2.75) is 32.2 Å². The van der Waals surface area contributed by atoms with Crippen LogP contribution in [-0.4, -0.2) is 49.7 Å². The van der Waals surface area contributed by atoms with Gasteiger partial charge in [-0.1, -0.05) is 0 Å². The SMILES string of the molecule is CC1(C)COCCN1S(=O)(=O)CCCCCl. The van der Waals surface area contributed by atoms with Gasteiger partial charge in [-0.05, 0) is 26.7 Å². The highest BCUT2D eigenvalue weighted by molar-refractivity contribution is 7.89. The van der Waals surface area contributed by atoms with E-state index in [1.807, 2.05) is 13.8 Å². The summed E-state index contributed by atoms with van der Waals surface area (Å²) in [7, 11) is -3.17. The predicted molar refractivity (Wildman–Crippen MR) is 65.3 cm³/mol. The van der Waals surface area contributed by atoms with Crippen LogP contribution < -0.4 is 0 Å². The fourth-order valence-electron chi connectivity index (χ4n) is 1.85. The van der Waals surface area contributed by atoms with E-state index in [9.17, 15) is 8.42 Å².